The van der Waals surface area contributed by atoms with Crippen LogP contribution in [0.25, 0.3) is 0 Å². The zero-order chi connectivity index (χ0) is 24.9. The zero-order valence-electron chi connectivity index (χ0n) is 18.8. The number of rotatable bonds is 8. The third-order valence-corrected chi connectivity index (χ3v) is 5.62. The fourth-order valence-corrected chi connectivity index (χ4v) is 3.90. The number of phenolic OH excluding ortho intramolecular Hbond substituents is 6. The average Bonchev–Trinajstić information content (AvgIpc) is 2.80. The summed E-state index contributed by atoms with van der Waals surface area (Å²) in [4.78, 5) is 0. The first-order chi connectivity index (χ1) is 16.8. The van der Waals surface area contributed by atoms with Gasteiger partial charge < -0.3 is 35.4 Å². The van der Waals surface area contributed by atoms with E-state index in [-0.39, 0.29) is 46.0 Å². The molecular weight excluding hydrogens is 448 g/mol. The average molecular weight is 475 g/mol. The maximum Gasteiger partial charge on any atom is 0.210 e. The minimum atomic E-state index is -0.289. The molecule has 0 radical (unpaired) electrons. The van der Waals surface area contributed by atoms with Crippen molar-refractivity contribution >= 4 is 0 Å². The third-order valence-electron chi connectivity index (χ3n) is 5.62. The highest BCUT2D eigenvalue weighted by Crippen LogP contribution is 2.43. The van der Waals surface area contributed by atoms with Gasteiger partial charge in [-0.2, -0.15) is 0 Å². The van der Waals surface area contributed by atoms with Crippen LogP contribution in [0.15, 0.2) is 72.8 Å². The minimum absolute atomic E-state index is 0.0432. The predicted octanol–water partition coefficient (Wildman–Crippen LogP) is 5.28. The van der Waals surface area contributed by atoms with Crippen LogP contribution in [0, 0.1) is 0 Å². The van der Waals surface area contributed by atoms with Gasteiger partial charge in [-0.3, -0.25) is 0 Å². The molecule has 0 aromatic heterocycles. The number of phenols is 6. The Balaban J connectivity index is 1.46. The molecule has 0 atom stereocenters. The molecule has 0 amide bonds. The summed E-state index contributed by atoms with van der Waals surface area (Å²) >= 11 is 0. The number of ether oxygens (including phenoxy) is 1. The molecule has 0 aliphatic rings. The van der Waals surface area contributed by atoms with Crippen LogP contribution in [0.3, 0.4) is 0 Å². The highest BCUT2D eigenvalue weighted by Gasteiger charge is 2.15. The van der Waals surface area contributed by atoms with Gasteiger partial charge in [0, 0.05) is 6.07 Å². The summed E-state index contributed by atoms with van der Waals surface area (Å²) in [6, 6.07) is 19.1. The molecule has 0 spiro atoms. The smallest absolute Gasteiger partial charge is 0.210 e. The Hall–Kier alpha value is -4.52. The Labute approximate surface area is 202 Å². The van der Waals surface area contributed by atoms with Gasteiger partial charge in [-0.1, -0.05) is 18.2 Å². The van der Waals surface area contributed by atoms with Crippen molar-refractivity contribution in [1.82, 2.24) is 0 Å². The van der Waals surface area contributed by atoms with Gasteiger partial charge >= 0.3 is 0 Å². The van der Waals surface area contributed by atoms with E-state index in [0.29, 0.717) is 36.8 Å². The summed E-state index contributed by atoms with van der Waals surface area (Å²) in [6.07, 6.45) is 2.19. The molecule has 0 aliphatic carbocycles. The summed E-state index contributed by atoms with van der Waals surface area (Å²) in [6.45, 7) is 0. The van der Waals surface area contributed by atoms with Crippen molar-refractivity contribution in [2.75, 3.05) is 0 Å². The van der Waals surface area contributed by atoms with E-state index in [2.05, 4.69) is 0 Å². The highest BCUT2D eigenvalue weighted by molar-refractivity contribution is 5.56. The monoisotopic (exact) mass is 474 g/mol. The van der Waals surface area contributed by atoms with E-state index in [1.54, 1.807) is 30.3 Å². The Kier molecular flexibility index (Phi) is 6.87. The molecule has 180 valence electrons. The third kappa shape index (κ3) is 6.09. The van der Waals surface area contributed by atoms with Crippen LogP contribution >= 0.6 is 0 Å². The molecule has 0 unspecified atom stereocenters. The van der Waals surface area contributed by atoms with Crippen LogP contribution in [0.4, 0.5) is 0 Å². The predicted molar refractivity (Wildman–Crippen MR) is 131 cm³/mol. The lowest BCUT2D eigenvalue weighted by molar-refractivity contribution is 0.359. The molecule has 0 bridgehead atoms. The molecular formula is C28H26O7. The van der Waals surface area contributed by atoms with Crippen molar-refractivity contribution in [3.63, 3.8) is 0 Å². The molecule has 7 nitrogen and oxygen atoms in total. The lowest BCUT2D eigenvalue weighted by Crippen LogP contribution is -1.95. The van der Waals surface area contributed by atoms with Crippen molar-refractivity contribution in [2.24, 2.45) is 0 Å². The number of benzene rings is 4. The number of hydrogen-bond donors (Lipinski definition) is 6. The summed E-state index contributed by atoms with van der Waals surface area (Å²) < 4.78 is 5.68. The van der Waals surface area contributed by atoms with Crippen LogP contribution in [0.1, 0.15) is 22.3 Å². The van der Waals surface area contributed by atoms with Crippen molar-refractivity contribution < 1.29 is 35.4 Å². The van der Waals surface area contributed by atoms with Crippen molar-refractivity contribution in [1.29, 1.82) is 0 Å². The Bertz CT molecular complexity index is 1300. The second-order valence-electron chi connectivity index (χ2n) is 8.39. The fraction of sp³-hybridized carbons (Fsp3) is 0.143. The molecule has 7 heteroatoms. The summed E-state index contributed by atoms with van der Waals surface area (Å²) in [5.74, 6) is -0.691. The molecule has 6 N–H and O–H groups in total. The summed E-state index contributed by atoms with van der Waals surface area (Å²) in [5, 5.41) is 60.1. The lowest BCUT2D eigenvalue weighted by atomic mass is 10.0. The highest BCUT2D eigenvalue weighted by atomic mass is 16.5. The zero-order valence-corrected chi connectivity index (χ0v) is 18.8. The van der Waals surface area contributed by atoms with E-state index in [0.717, 1.165) is 11.1 Å². The van der Waals surface area contributed by atoms with Gasteiger partial charge in [0.2, 0.25) is 5.75 Å². The van der Waals surface area contributed by atoms with Gasteiger partial charge in [-0.15, -0.1) is 0 Å². The van der Waals surface area contributed by atoms with Crippen LogP contribution in [-0.2, 0) is 25.7 Å². The van der Waals surface area contributed by atoms with E-state index < -0.39 is 0 Å². The second-order valence-corrected chi connectivity index (χ2v) is 8.39. The van der Waals surface area contributed by atoms with Gasteiger partial charge in [0.05, 0.1) is 0 Å². The topological polar surface area (TPSA) is 131 Å². The Morgan fingerprint density at radius 1 is 0.457 bits per heavy atom. The van der Waals surface area contributed by atoms with Crippen molar-refractivity contribution in [3.8, 4) is 46.0 Å². The molecule has 4 rings (SSSR count). The van der Waals surface area contributed by atoms with E-state index in [4.69, 9.17) is 4.74 Å². The van der Waals surface area contributed by atoms with Gasteiger partial charge in [0.25, 0.3) is 0 Å². The molecule has 0 saturated carbocycles. The molecule has 35 heavy (non-hydrogen) atoms. The van der Waals surface area contributed by atoms with E-state index in [9.17, 15) is 30.6 Å². The van der Waals surface area contributed by atoms with E-state index >= 15 is 0 Å². The SMILES string of the molecule is Oc1cccc(CCc2ccc(O)c(Oc3c(O)cc(CCc4cc(O)cc(O)c4)cc3O)c2)c1. The molecule has 0 fully saturated rings. The Morgan fingerprint density at radius 3 is 1.63 bits per heavy atom. The van der Waals surface area contributed by atoms with Crippen LogP contribution < -0.4 is 4.74 Å². The molecule has 0 heterocycles. The van der Waals surface area contributed by atoms with Crippen molar-refractivity contribution in [3.05, 3.63) is 95.1 Å². The van der Waals surface area contributed by atoms with E-state index in [1.165, 1.54) is 36.4 Å². The number of hydrogen-bond acceptors (Lipinski definition) is 7. The van der Waals surface area contributed by atoms with Gasteiger partial charge in [-0.05, 0) is 96.5 Å². The largest absolute Gasteiger partial charge is 0.508 e. The van der Waals surface area contributed by atoms with Crippen LogP contribution in [0.5, 0.6) is 46.0 Å². The first-order valence-electron chi connectivity index (χ1n) is 11.1. The second kappa shape index (κ2) is 10.2. The quantitative estimate of drug-likeness (QED) is 0.205. The number of aromatic hydroxyl groups is 6. The Morgan fingerprint density at radius 2 is 1.00 bits per heavy atom. The first kappa shape index (κ1) is 23.6. The standard InChI is InChI=1S/C28H26O7/c29-21-3-1-2-17(10-21)4-5-18-8-9-24(32)27(15-18)35-28-25(33)13-20(14-26(28)34)7-6-19-11-22(30)16-23(31)12-19/h1-3,8-16,29-34H,4-7H2. The summed E-state index contributed by atoms with van der Waals surface area (Å²) in [7, 11) is 0. The van der Waals surface area contributed by atoms with Gasteiger partial charge in [0.1, 0.15) is 17.2 Å². The fourth-order valence-electron chi connectivity index (χ4n) is 3.90. The maximum atomic E-state index is 10.5. The maximum absolute atomic E-state index is 10.5. The lowest BCUT2D eigenvalue weighted by Gasteiger charge is -2.14. The van der Waals surface area contributed by atoms with Crippen molar-refractivity contribution in [2.45, 2.75) is 25.7 Å². The molecule has 4 aromatic rings. The van der Waals surface area contributed by atoms with Gasteiger partial charge in [0.15, 0.2) is 23.0 Å². The molecule has 0 aliphatic heterocycles. The minimum Gasteiger partial charge on any atom is -0.508 e. The molecule has 0 saturated heterocycles. The summed E-state index contributed by atoms with van der Waals surface area (Å²) in [5.41, 5.74) is 3.16. The first-order valence-corrected chi connectivity index (χ1v) is 11.1. The van der Waals surface area contributed by atoms with Crippen LogP contribution in [0.2, 0.25) is 0 Å². The number of aryl methyl sites for hydroxylation is 4. The van der Waals surface area contributed by atoms with E-state index in [1.807, 2.05) is 6.07 Å². The normalized spacial score (nSPS) is 10.9. The van der Waals surface area contributed by atoms with Gasteiger partial charge in [-0.25, -0.2) is 0 Å². The molecule has 4 aromatic carbocycles. The van der Waals surface area contributed by atoms with Crippen LogP contribution in [-0.4, -0.2) is 30.6 Å².